The molecule has 0 aliphatic carbocycles. The zero-order valence-electron chi connectivity index (χ0n) is 16.8. The van der Waals surface area contributed by atoms with Gasteiger partial charge in [-0.3, -0.25) is 9.59 Å². The van der Waals surface area contributed by atoms with Crippen molar-refractivity contribution in [1.82, 2.24) is 25.2 Å². The molecular weight excluding hydrogens is 422 g/mol. The molecular formula is C19H21F4N5O3. The van der Waals surface area contributed by atoms with Crippen LogP contribution in [-0.2, 0) is 6.54 Å². The summed E-state index contributed by atoms with van der Waals surface area (Å²) >= 11 is 0. The highest BCUT2D eigenvalue weighted by Crippen LogP contribution is 2.26. The van der Waals surface area contributed by atoms with Crippen LogP contribution in [0.2, 0.25) is 0 Å². The van der Waals surface area contributed by atoms with E-state index in [1.807, 2.05) is 0 Å². The van der Waals surface area contributed by atoms with Crippen LogP contribution < -0.4 is 10.1 Å². The molecule has 1 aromatic heterocycles. The highest BCUT2D eigenvalue weighted by molar-refractivity contribution is 5.95. The van der Waals surface area contributed by atoms with E-state index in [4.69, 9.17) is 0 Å². The largest absolute Gasteiger partial charge is 0.573 e. The number of likely N-dealkylation sites (tertiary alicyclic amines) is 1. The number of halogens is 4. The van der Waals surface area contributed by atoms with Crippen LogP contribution in [0, 0.1) is 0 Å². The SMILES string of the molecule is CC(C)NC(=O)c1cn(CC2CC(F)CN2C(=O)c2ccc(OC(F)(F)F)cc2)nn1. The molecule has 0 bridgehead atoms. The van der Waals surface area contributed by atoms with Gasteiger partial charge in [0.15, 0.2) is 5.69 Å². The average molecular weight is 443 g/mol. The molecule has 2 aromatic rings. The minimum Gasteiger partial charge on any atom is -0.406 e. The van der Waals surface area contributed by atoms with Crippen molar-refractivity contribution in [3.05, 3.63) is 41.7 Å². The van der Waals surface area contributed by atoms with Crippen molar-refractivity contribution in [2.24, 2.45) is 0 Å². The topological polar surface area (TPSA) is 89.4 Å². The van der Waals surface area contributed by atoms with Gasteiger partial charge in [-0.15, -0.1) is 18.3 Å². The van der Waals surface area contributed by atoms with Gasteiger partial charge in [-0.25, -0.2) is 9.07 Å². The highest BCUT2D eigenvalue weighted by Gasteiger charge is 2.36. The third-order valence-corrected chi connectivity index (χ3v) is 4.55. The average Bonchev–Trinajstić information content (AvgIpc) is 3.27. The normalized spacial score (nSPS) is 19.0. The first-order chi connectivity index (χ1) is 14.5. The lowest BCUT2D eigenvalue weighted by Gasteiger charge is -2.24. The molecule has 2 atom stereocenters. The number of alkyl halides is 4. The van der Waals surface area contributed by atoms with E-state index in [0.717, 1.165) is 12.1 Å². The predicted molar refractivity (Wildman–Crippen MR) is 100 cm³/mol. The van der Waals surface area contributed by atoms with E-state index in [2.05, 4.69) is 20.4 Å². The minimum atomic E-state index is -4.84. The van der Waals surface area contributed by atoms with Gasteiger partial charge in [-0.05, 0) is 38.1 Å². The summed E-state index contributed by atoms with van der Waals surface area (Å²) in [5.74, 6) is -1.38. The lowest BCUT2D eigenvalue weighted by molar-refractivity contribution is -0.274. The number of ether oxygens (including phenoxy) is 1. The lowest BCUT2D eigenvalue weighted by atomic mass is 10.1. The molecule has 0 spiro atoms. The van der Waals surface area contributed by atoms with Crippen LogP contribution in [0.4, 0.5) is 17.6 Å². The van der Waals surface area contributed by atoms with E-state index < -0.39 is 36.1 Å². The van der Waals surface area contributed by atoms with Crippen LogP contribution in [0.1, 0.15) is 41.1 Å². The zero-order chi connectivity index (χ0) is 22.8. The van der Waals surface area contributed by atoms with Crippen LogP contribution in [-0.4, -0.2) is 62.9 Å². The molecule has 1 N–H and O–H groups in total. The monoisotopic (exact) mass is 443 g/mol. The second-order valence-corrected chi connectivity index (χ2v) is 7.47. The Morgan fingerprint density at radius 1 is 1.26 bits per heavy atom. The fourth-order valence-electron chi connectivity index (χ4n) is 3.29. The predicted octanol–water partition coefficient (Wildman–Crippen LogP) is 2.57. The summed E-state index contributed by atoms with van der Waals surface area (Å²) < 4.78 is 56.1. The Labute approximate surface area is 175 Å². The van der Waals surface area contributed by atoms with E-state index in [1.165, 1.54) is 27.9 Å². The Morgan fingerprint density at radius 3 is 2.55 bits per heavy atom. The summed E-state index contributed by atoms with van der Waals surface area (Å²) in [7, 11) is 0. The molecule has 168 valence electrons. The Balaban J connectivity index is 1.69. The number of aromatic nitrogens is 3. The fraction of sp³-hybridized carbons (Fsp3) is 0.474. The fourth-order valence-corrected chi connectivity index (χ4v) is 3.29. The van der Waals surface area contributed by atoms with Gasteiger partial charge in [0.2, 0.25) is 0 Å². The highest BCUT2D eigenvalue weighted by atomic mass is 19.4. The van der Waals surface area contributed by atoms with Gasteiger partial charge in [0.1, 0.15) is 11.9 Å². The van der Waals surface area contributed by atoms with E-state index >= 15 is 0 Å². The van der Waals surface area contributed by atoms with Crippen molar-refractivity contribution >= 4 is 11.8 Å². The van der Waals surface area contributed by atoms with Crippen molar-refractivity contribution in [2.45, 2.75) is 51.4 Å². The summed E-state index contributed by atoms with van der Waals surface area (Å²) in [5, 5.41) is 10.3. The maximum atomic E-state index is 14.1. The van der Waals surface area contributed by atoms with Gasteiger partial charge < -0.3 is 15.0 Å². The molecule has 1 fully saturated rings. The summed E-state index contributed by atoms with van der Waals surface area (Å²) in [5.41, 5.74) is 0.200. The van der Waals surface area contributed by atoms with E-state index in [1.54, 1.807) is 13.8 Å². The number of hydrogen-bond donors (Lipinski definition) is 1. The minimum absolute atomic E-state index is 0.0639. The van der Waals surface area contributed by atoms with Crippen molar-refractivity contribution in [3.63, 3.8) is 0 Å². The molecule has 3 rings (SSSR count). The van der Waals surface area contributed by atoms with Gasteiger partial charge in [-0.2, -0.15) is 0 Å². The van der Waals surface area contributed by atoms with Crippen LogP contribution >= 0.6 is 0 Å². The van der Waals surface area contributed by atoms with Crippen molar-refractivity contribution in [1.29, 1.82) is 0 Å². The number of benzene rings is 1. The molecule has 1 saturated heterocycles. The van der Waals surface area contributed by atoms with Crippen molar-refractivity contribution < 1.29 is 31.9 Å². The molecule has 1 aromatic carbocycles. The van der Waals surface area contributed by atoms with Gasteiger partial charge in [-0.1, -0.05) is 5.21 Å². The molecule has 12 heteroatoms. The number of nitrogens with one attached hydrogen (secondary N) is 1. The second kappa shape index (κ2) is 8.90. The van der Waals surface area contributed by atoms with Crippen molar-refractivity contribution in [3.8, 4) is 5.75 Å². The van der Waals surface area contributed by atoms with Gasteiger partial charge in [0.25, 0.3) is 11.8 Å². The molecule has 1 aliphatic rings. The summed E-state index contributed by atoms with van der Waals surface area (Å²) in [6.45, 7) is 3.56. The number of amides is 2. The first kappa shape index (κ1) is 22.5. The second-order valence-electron chi connectivity index (χ2n) is 7.47. The Morgan fingerprint density at radius 2 is 1.94 bits per heavy atom. The number of hydrogen-bond acceptors (Lipinski definition) is 5. The van der Waals surface area contributed by atoms with E-state index in [-0.39, 0.29) is 36.8 Å². The first-order valence-corrected chi connectivity index (χ1v) is 9.53. The third-order valence-electron chi connectivity index (χ3n) is 4.55. The lowest BCUT2D eigenvalue weighted by Crippen LogP contribution is -2.38. The van der Waals surface area contributed by atoms with Gasteiger partial charge in [0, 0.05) is 18.0 Å². The first-order valence-electron chi connectivity index (χ1n) is 9.53. The van der Waals surface area contributed by atoms with Crippen LogP contribution in [0.3, 0.4) is 0 Å². The summed E-state index contributed by atoms with van der Waals surface area (Å²) in [4.78, 5) is 26.1. The Kier molecular flexibility index (Phi) is 6.46. The molecule has 8 nitrogen and oxygen atoms in total. The maximum absolute atomic E-state index is 14.1. The molecule has 31 heavy (non-hydrogen) atoms. The molecule has 2 unspecified atom stereocenters. The number of nitrogens with zero attached hydrogens (tertiary/aromatic N) is 4. The Hall–Kier alpha value is -3.18. The van der Waals surface area contributed by atoms with Crippen LogP contribution in [0.15, 0.2) is 30.5 Å². The summed E-state index contributed by atoms with van der Waals surface area (Å²) in [6.07, 6.45) is -4.62. The summed E-state index contributed by atoms with van der Waals surface area (Å²) in [6, 6.07) is 3.79. The van der Waals surface area contributed by atoms with E-state index in [9.17, 15) is 27.2 Å². The quantitative estimate of drug-likeness (QED) is 0.694. The number of carbonyl (C=O) groups is 2. The zero-order valence-corrected chi connectivity index (χ0v) is 16.8. The Bertz CT molecular complexity index is 929. The van der Waals surface area contributed by atoms with E-state index in [0.29, 0.717) is 0 Å². The van der Waals surface area contributed by atoms with Gasteiger partial charge in [0.05, 0.1) is 25.3 Å². The molecule has 0 radical (unpaired) electrons. The standard InChI is InChI=1S/C19H21F4N5O3/c1-11(2)24-17(29)16-10-27(26-25-16)9-14-7-13(20)8-28(14)18(30)12-3-5-15(6-4-12)31-19(21,22)23/h3-6,10-11,13-14H,7-9H2,1-2H3,(H,24,29). The molecule has 1 aliphatic heterocycles. The van der Waals surface area contributed by atoms with Crippen LogP contribution in [0.25, 0.3) is 0 Å². The van der Waals surface area contributed by atoms with Crippen LogP contribution in [0.5, 0.6) is 5.75 Å². The van der Waals surface area contributed by atoms with Gasteiger partial charge >= 0.3 is 6.36 Å². The van der Waals surface area contributed by atoms with Crippen molar-refractivity contribution in [2.75, 3.05) is 6.54 Å². The maximum Gasteiger partial charge on any atom is 0.573 e. The number of carbonyl (C=O) groups excluding carboxylic acids is 2. The molecule has 2 heterocycles. The molecule has 2 amide bonds. The third kappa shape index (κ3) is 5.92. The number of rotatable bonds is 6. The smallest absolute Gasteiger partial charge is 0.406 e. The molecule has 0 saturated carbocycles.